The normalized spacial score (nSPS) is 17.8. The molecule has 2 rings (SSSR count). The van der Waals surface area contributed by atoms with E-state index in [9.17, 15) is 14.4 Å². The summed E-state index contributed by atoms with van der Waals surface area (Å²) in [5, 5.41) is 12.8. The van der Waals surface area contributed by atoms with Gasteiger partial charge in [-0.15, -0.1) is 5.10 Å². The number of methoxy groups -OCH3 is 1. The van der Waals surface area contributed by atoms with Crippen molar-refractivity contribution in [3.05, 3.63) is 29.8 Å². The molecule has 0 spiro atoms. The lowest BCUT2D eigenvalue weighted by molar-refractivity contribution is -0.122. The second-order valence-corrected chi connectivity index (χ2v) is 6.53. The van der Waals surface area contributed by atoms with Gasteiger partial charge in [0.05, 0.1) is 18.4 Å². The van der Waals surface area contributed by atoms with Gasteiger partial charge in [-0.25, -0.2) is 4.79 Å². The number of nitrogens with one attached hydrogen (secondary N) is 2. The highest BCUT2D eigenvalue weighted by molar-refractivity contribution is 8.15. The largest absolute Gasteiger partial charge is 0.465 e. The van der Waals surface area contributed by atoms with Crippen molar-refractivity contribution in [3.63, 3.8) is 0 Å². The number of para-hydroxylation sites is 1. The minimum Gasteiger partial charge on any atom is -0.465 e. The van der Waals surface area contributed by atoms with Crippen molar-refractivity contribution in [3.8, 4) is 0 Å². The van der Waals surface area contributed by atoms with Crippen LogP contribution in [-0.2, 0) is 14.3 Å². The van der Waals surface area contributed by atoms with Crippen molar-refractivity contribution in [2.24, 2.45) is 10.2 Å². The Morgan fingerprint density at radius 3 is 2.72 bits per heavy atom. The zero-order valence-corrected chi connectivity index (χ0v) is 14.8. The molecule has 8 nitrogen and oxygen atoms in total. The second-order valence-electron chi connectivity index (χ2n) is 5.34. The first-order valence-electron chi connectivity index (χ1n) is 7.44. The quantitative estimate of drug-likeness (QED) is 0.471. The molecule has 1 unspecified atom stereocenters. The van der Waals surface area contributed by atoms with Crippen LogP contribution in [0.4, 0.5) is 5.69 Å². The van der Waals surface area contributed by atoms with Gasteiger partial charge in [0.1, 0.15) is 5.25 Å². The lowest BCUT2D eigenvalue weighted by Gasteiger charge is -2.10. The van der Waals surface area contributed by atoms with Crippen LogP contribution in [-0.4, -0.2) is 41.0 Å². The maximum Gasteiger partial charge on any atom is 0.339 e. The number of esters is 1. The lowest BCUT2D eigenvalue weighted by Crippen LogP contribution is -2.28. The van der Waals surface area contributed by atoms with Crippen LogP contribution in [0, 0.1) is 0 Å². The Kier molecular flexibility index (Phi) is 6.29. The Bertz CT molecular complexity index is 756. The summed E-state index contributed by atoms with van der Waals surface area (Å²) in [5.41, 5.74) is 1.34. The standard InChI is InChI=1S/C16H18N4O4S/c1-9(2)19-20-16-18-14(22)12(25-16)8-13(21)17-11-7-5-4-6-10(11)15(23)24-3/h4-7,12H,8H2,1-3H3,(H,17,21)(H,18,20,22). The zero-order chi connectivity index (χ0) is 18.4. The third-order valence-corrected chi connectivity index (χ3v) is 4.17. The van der Waals surface area contributed by atoms with E-state index < -0.39 is 11.2 Å². The van der Waals surface area contributed by atoms with E-state index in [1.165, 1.54) is 7.11 Å². The Labute approximate surface area is 149 Å². The first kappa shape index (κ1) is 18.7. The first-order chi connectivity index (χ1) is 11.9. The van der Waals surface area contributed by atoms with Crippen LogP contribution in [0.1, 0.15) is 30.6 Å². The number of carbonyl (C=O) groups excluding carboxylic acids is 3. The molecule has 1 saturated heterocycles. The van der Waals surface area contributed by atoms with Gasteiger partial charge >= 0.3 is 5.97 Å². The van der Waals surface area contributed by atoms with E-state index in [1.54, 1.807) is 38.1 Å². The number of hydrogen-bond acceptors (Lipinski definition) is 7. The van der Waals surface area contributed by atoms with Crippen molar-refractivity contribution < 1.29 is 19.1 Å². The third-order valence-electron chi connectivity index (χ3n) is 3.09. The van der Waals surface area contributed by atoms with E-state index in [0.29, 0.717) is 10.9 Å². The summed E-state index contributed by atoms with van der Waals surface area (Å²) in [7, 11) is 1.27. The van der Waals surface area contributed by atoms with Crippen molar-refractivity contribution >= 4 is 46.1 Å². The maximum atomic E-state index is 12.2. The molecular weight excluding hydrogens is 344 g/mol. The van der Waals surface area contributed by atoms with E-state index in [-0.39, 0.29) is 23.8 Å². The van der Waals surface area contributed by atoms with Crippen molar-refractivity contribution in [1.82, 2.24) is 5.32 Å². The number of carbonyl (C=O) groups is 3. The number of amidine groups is 1. The van der Waals surface area contributed by atoms with Gasteiger partial charge in [-0.05, 0) is 26.0 Å². The lowest BCUT2D eigenvalue weighted by atomic mass is 10.1. The highest BCUT2D eigenvalue weighted by Gasteiger charge is 2.32. The topological polar surface area (TPSA) is 109 Å². The summed E-state index contributed by atoms with van der Waals surface area (Å²) >= 11 is 1.14. The monoisotopic (exact) mass is 362 g/mol. The number of nitrogens with zero attached hydrogens (tertiary/aromatic N) is 2. The predicted molar refractivity (Wildman–Crippen MR) is 96.8 cm³/mol. The molecule has 1 fully saturated rings. The van der Waals surface area contributed by atoms with Gasteiger partial charge in [-0.1, -0.05) is 23.9 Å². The Morgan fingerprint density at radius 1 is 1.32 bits per heavy atom. The molecule has 1 aliphatic heterocycles. The summed E-state index contributed by atoms with van der Waals surface area (Å²) in [4.78, 5) is 35.9. The molecule has 9 heteroatoms. The first-order valence-corrected chi connectivity index (χ1v) is 8.32. The van der Waals surface area contributed by atoms with Gasteiger partial charge in [0.15, 0.2) is 5.17 Å². The SMILES string of the molecule is COC(=O)c1ccccc1NC(=O)CC1S/C(=N/N=C(C)C)NC1=O. The molecule has 1 aromatic carbocycles. The van der Waals surface area contributed by atoms with Gasteiger partial charge < -0.3 is 15.4 Å². The Hall–Kier alpha value is -2.68. The molecule has 1 aromatic rings. The fourth-order valence-electron chi connectivity index (χ4n) is 1.98. The van der Waals surface area contributed by atoms with E-state index in [0.717, 1.165) is 17.5 Å². The van der Waals surface area contributed by atoms with Gasteiger partial charge in [0.2, 0.25) is 11.8 Å². The average Bonchev–Trinajstić information content (AvgIpc) is 2.92. The van der Waals surface area contributed by atoms with Gasteiger partial charge in [0, 0.05) is 12.1 Å². The third kappa shape index (κ3) is 5.15. The summed E-state index contributed by atoms with van der Waals surface area (Å²) in [6.07, 6.45) is -0.0557. The maximum absolute atomic E-state index is 12.2. The molecule has 2 N–H and O–H groups in total. The second kappa shape index (κ2) is 8.43. The molecule has 1 aliphatic rings. The molecule has 132 valence electrons. The van der Waals surface area contributed by atoms with Crippen LogP contribution in [0.5, 0.6) is 0 Å². The number of benzene rings is 1. The minimum atomic E-state index is -0.601. The van der Waals surface area contributed by atoms with Crippen LogP contribution in [0.2, 0.25) is 0 Å². The van der Waals surface area contributed by atoms with Gasteiger partial charge in [0.25, 0.3) is 0 Å². The number of hydrogen-bond donors (Lipinski definition) is 2. The van der Waals surface area contributed by atoms with E-state index in [2.05, 4.69) is 25.6 Å². The van der Waals surface area contributed by atoms with Crippen LogP contribution in [0.15, 0.2) is 34.5 Å². The highest BCUT2D eigenvalue weighted by Crippen LogP contribution is 2.24. The summed E-state index contributed by atoms with van der Waals surface area (Å²) < 4.78 is 4.68. The van der Waals surface area contributed by atoms with Crippen LogP contribution in [0.3, 0.4) is 0 Å². The highest BCUT2D eigenvalue weighted by atomic mass is 32.2. The van der Waals surface area contributed by atoms with Crippen LogP contribution >= 0.6 is 11.8 Å². The molecule has 25 heavy (non-hydrogen) atoms. The van der Waals surface area contributed by atoms with Crippen LogP contribution in [0.25, 0.3) is 0 Å². The molecule has 0 aliphatic carbocycles. The fraction of sp³-hybridized carbons (Fsp3) is 0.312. The summed E-state index contributed by atoms with van der Waals surface area (Å²) in [6.45, 7) is 3.57. The number of amides is 2. The predicted octanol–water partition coefficient (Wildman–Crippen LogP) is 1.79. The van der Waals surface area contributed by atoms with Crippen LogP contribution < -0.4 is 10.6 Å². The van der Waals surface area contributed by atoms with Gasteiger partial charge in [-0.3, -0.25) is 9.59 Å². The molecule has 0 saturated carbocycles. The summed E-state index contributed by atoms with van der Waals surface area (Å²) in [5.74, 6) is -1.24. The number of ether oxygens (including phenoxy) is 1. The van der Waals surface area contributed by atoms with Gasteiger partial charge in [-0.2, -0.15) is 5.10 Å². The minimum absolute atomic E-state index is 0.0557. The molecule has 0 aromatic heterocycles. The zero-order valence-electron chi connectivity index (χ0n) is 14.0. The molecular formula is C16H18N4O4S. The molecule has 2 amide bonds. The van der Waals surface area contributed by atoms with Crippen molar-refractivity contribution in [1.29, 1.82) is 0 Å². The Morgan fingerprint density at radius 2 is 2.04 bits per heavy atom. The summed E-state index contributed by atoms with van der Waals surface area (Å²) in [6, 6.07) is 6.50. The average molecular weight is 362 g/mol. The fourth-order valence-corrected chi connectivity index (χ4v) is 2.90. The number of rotatable bonds is 5. The molecule has 1 atom stereocenters. The Balaban J connectivity index is 2.02. The number of thioether (sulfide) groups is 1. The molecule has 0 bridgehead atoms. The molecule has 0 radical (unpaired) electrons. The molecule has 1 heterocycles. The van der Waals surface area contributed by atoms with Crippen molar-refractivity contribution in [2.75, 3.05) is 12.4 Å². The number of anilines is 1. The van der Waals surface area contributed by atoms with Crippen molar-refractivity contribution in [2.45, 2.75) is 25.5 Å². The van der Waals surface area contributed by atoms with E-state index in [1.807, 2.05) is 0 Å². The smallest absolute Gasteiger partial charge is 0.339 e. The van der Waals surface area contributed by atoms with E-state index >= 15 is 0 Å². The van der Waals surface area contributed by atoms with E-state index in [4.69, 9.17) is 0 Å².